The van der Waals surface area contributed by atoms with Gasteiger partial charge in [-0.25, -0.2) is 0 Å². The SMILES string of the molecule is COc1ccccc1C(C)(C)C(=O)NCc1c(C)n[nH]c1C. The third-order valence-corrected chi connectivity index (χ3v) is 4.05. The molecule has 1 aromatic carbocycles. The highest BCUT2D eigenvalue weighted by Gasteiger charge is 2.32. The maximum absolute atomic E-state index is 12.7. The number of hydrogen-bond acceptors (Lipinski definition) is 3. The van der Waals surface area contributed by atoms with Crippen LogP contribution in [0.15, 0.2) is 24.3 Å². The van der Waals surface area contributed by atoms with Crippen LogP contribution in [0, 0.1) is 13.8 Å². The number of rotatable bonds is 5. The Kier molecular flexibility index (Phi) is 4.54. The lowest BCUT2D eigenvalue weighted by Gasteiger charge is -2.26. The maximum atomic E-state index is 12.7. The fraction of sp³-hybridized carbons (Fsp3) is 0.412. The highest BCUT2D eigenvalue weighted by atomic mass is 16.5. The second kappa shape index (κ2) is 6.22. The first-order valence-corrected chi connectivity index (χ1v) is 7.30. The minimum absolute atomic E-state index is 0.0444. The lowest BCUT2D eigenvalue weighted by Crippen LogP contribution is -2.40. The summed E-state index contributed by atoms with van der Waals surface area (Å²) in [6.07, 6.45) is 0. The average Bonchev–Trinajstić information content (AvgIpc) is 2.83. The Bertz CT molecular complexity index is 655. The van der Waals surface area contributed by atoms with Gasteiger partial charge >= 0.3 is 0 Å². The van der Waals surface area contributed by atoms with Crippen molar-refractivity contribution in [1.82, 2.24) is 15.5 Å². The molecule has 2 N–H and O–H groups in total. The molecule has 0 saturated carbocycles. The van der Waals surface area contributed by atoms with E-state index in [0.29, 0.717) is 6.54 Å². The fourth-order valence-corrected chi connectivity index (χ4v) is 2.51. The minimum Gasteiger partial charge on any atom is -0.496 e. The van der Waals surface area contributed by atoms with Crippen molar-refractivity contribution in [3.05, 3.63) is 46.8 Å². The van der Waals surface area contributed by atoms with Crippen molar-refractivity contribution in [2.24, 2.45) is 0 Å². The number of aromatic amines is 1. The van der Waals surface area contributed by atoms with Crippen LogP contribution in [0.5, 0.6) is 5.75 Å². The average molecular weight is 301 g/mol. The van der Waals surface area contributed by atoms with Gasteiger partial charge in [-0.2, -0.15) is 5.10 Å². The van der Waals surface area contributed by atoms with E-state index >= 15 is 0 Å². The van der Waals surface area contributed by atoms with Crippen LogP contribution < -0.4 is 10.1 Å². The van der Waals surface area contributed by atoms with Gasteiger partial charge in [-0.1, -0.05) is 18.2 Å². The number of aromatic nitrogens is 2. The van der Waals surface area contributed by atoms with E-state index in [1.165, 1.54) is 0 Å². The van der Waals surface area contributed by atoms with E-state index in [1.807, 2.05) is 52.0 Å². The molecule has 1 amide bonds. The van der Waals surface area contributed by atoms with E-state index < -0.39 is 5.41 Å². The van der Waals surface area contributed by atoms with Gasteiger partial charge in [0.15, 0.2) is 0 Å². The summed E-state index contributed by atoms with van der Waals surface area (Å²) in [6.45, 7) is 8.14. The molecule has 0 fully saturated rings. The monoisotopic (exact) mass is 301 g/mol. The Hall–Kier alpha value is -2.30. The molecule has 0 spiro atoms. The van der Waals surface area contributed by atoms with E-state index in [1.54, 1.807) is 7.11 Å². The Labute approximate surface area is 131 Å². The number of methoxy groups -OCH3 is 1. The van der Waals surface area contributed by atoms with Crippen LogP contribution in [0.3, 0.4) is 0 Å². The summed E-state index contributed by atoms with van der Waals surface area (Å²) in [5, 5.41) is 10.1. The number of carbonyl (C=O) groups excluding carboxylic acids is 1. The summed E-state index contributed by atoms with van der Waals surface area (Å²) in [5.41, 5.74) is 3.11. The summed E-state index contributed by atoms with van der Waals surface area (Å²) in [7, 11) is 1.62. The number of amides is 1. The number of benzene rings is 1. The smallest absolute Gasteiger partial charge is 0.230 e. The lowest BCUT2D eigenvalue weighted by molar-refractivity contribution is -0.125. The number of ether oxygens (including phenoxy) is 1. The third kappa shape index (κ3) is 2.98. The van der Waals surface area contributed by atoms with Gasteiger partial charge in [-0.05, 0) is 33.8 Å². The molecule has 5 heteroatoms. The van der Waals surface area contributed by atoms with Crippen LogP contribution in [0.2, 0.25) is 0 Å². The van der Waals surface area contributed by atoms with Crippen molar-refractivity contribution < 1.29 is 9.53 Å². The van der Waals surface area contributed by atoms with Gasteiger partial charge in [0.25, 0.3) is 0 Å². The molecule has 0 bridgehead atoms. The van der Waals surface area contributed by atoms with Crippen molar-refractivity contribution in [2.45, 2.75) is 39.7 Å². The Morgan fingerprint density at radius 3 is 2.59 bits per heavy atom. The molecule has 118 valence electrons. The Balaban J connectivity index is 2.17. The molecule has 0 saturated heterocycles. The molecule has 22 heavy (non-hydrogen) atoms. The zero-order valence-corrected chi connectivity index (χ0v) is 13.8. The van der Waals surface area contributed by atoms with Gasteiger partial charge in [0, 0.05) is 23.4 Å². The van der Waals surface area contributed by atoms with Crippen LogP contribution in [0.4, 0.5) is 0 Å². The molecule has 1 heterocycles. The van der Waals surface area contributed by atoms with E-state index in [0.717, 1.165) is 28.3 Å². The standard InChI is InChI=1S/C17H23N3O2/c1-11-13(12(2)20-19-11)10-18-16(21)17(3,4)14-8-6-7-9-15(14)22-5/h6-9H,10H2,1-5H3,(H,18,21)(H,19,20). The van der Waals surface area contributed by atoms with Crippen molar-refractivity contribution in [3.63, 3.8) is 0 Å². The van der Waals surface area contributed by atoms with E-state index in [2.05, 4.69) is 15.5 Å². The predicted octanol–water partition coefficient (Wildman–Crippen LogP) is 2.63. The highest BCUT2D eigenvalue weighted by Crippen LogP contribution is 2.31. The number of carbonyl (C=O) groups is 1. The van der Waals surface area contributed by atoms with Crippen molar-refractivity contribution >= 4 is 5.91 Å². The zero-order chi connectivity index (χ0) is 16.3. The molecule has 0 aliphatic rings. The summed E-state index contributed by atoms with van der Waals surface area (Å²) >= 11 is 0. The number of nitrogens with one attached hydrogen (secondary N) is 2. The fourth-order valence-electron chi connectivity index (χ4n) is 2.51. The summed E-state index contributed by atoms with van der Waals surface area (Å²) < 4.78 is 5.38. The molecule has 2 aromatic rings. The number of para-hydroxylation sites is 1. The van der Waals surface area contributed by atoms with Gasteiger partial charge < -0.3 is 10.1 Å². The summed E-state index contributed by atoms with van der Waals surface area (Å²) in [5.74, 6) is 0.676. The quantitative estimate of drug-likeness (QED) is 0.892. The van der Waals surface area contributed by atoms with Gasteiger partial charge in [-0.3, -0.25) is 9.89 Å². The first-order chi connectivity index (χ1) is 10.4. The van der Waals surface area contributed by atoms with Gasteiger partial charge in [-0.15, -0.1) is 0 Å². The van der Waals surface area contributed by atoms with Crippen LogP contribution in [0.25, 0.3) is 0 Å². The number of H-pyrrole nitrogens is 1. The molecular formula is C17H23N3O2. The zero-order valence-electron chi connectivity index (χ0n) is 13.8. The predicted molar refractivity (Wildman–Crippen MR) is 85.9 cm³/mol. The van der Waals surface area contributed by atoms with Crippen molar-refractivity contribution in [1.29, 1.82) is 0 Å². The van der Waals surface area contributed by atoms with Crippen molar-refractivity contribution in [2.75, 3.05) is 7.11 Å². The van der Waals surface area contributed by atoms with E-state index in [4.69, 9.17) is 4.74 Å². The molecule has 5 nitrogen and oxygen atoms in total. The summed E-state index contributed by atoms with van der Waals surface area (Å²) in [4.78, 5) is 12.7. The van der Waals surface area contributed by atoms with E-state index in [-0.39, 0.29) is 5.91 Å². The Morgan fingerprint density at radius 1 is 1.32 bits per heavy atom. The van der Waals surface area contributed by atoms with E-state index in [9.17, 15) is 4.79 Å². The number of aryl methyl sites for hydroxylation is 2. The van der Waals surface area contributed by atoms with Crippen LogP contribution >= 0.6 is 0 Å². The molecule has 2 rings (SSSR count). The molecule has 0 atom stereocenters. The molecule has 0 unspecified atom stereocenters. The number of hydrogen-bond donors (Lipinski definition) is 2. The van der Waals surface area contributed by atoms with Gasteiger partial charge in [0.1, 0.15) is 5.75 Å². The molecule has 0 radical (unpaired) electrons. The van der Waals surface area contributed by atoms with Gasteiger partial charge in [0.05, 0.1) is 18.2 Å². The first kappa shape index (κ1) is 16.1. The molecule has 1 aromatic heterocycles. The molecule has 0 aliphatic carbocycles. The topological polar surface area (TPSA) is 67.0 Å². The Morgan fingerprint density at radius 2 is 2.00 bits per heavy atom. The van der Waals surface area contributed by atoms with Gasteiger partial charge in [0.2, 0.25) is 5.91 Å². The second-order valence-corrected chi connectivity index (χ2v) is 5.92. The van der Waals surface area contributed by atoms with Crippen molar-refractivity contribution in [3.8, 4) is 5.75 Å². The first-order valence-electron chi connectivity index (χ1n) is 7.30. The minimum atomic E-state index is -0.682. The van der Waals surface area contributed by atoms with Crippen LogP contribution in [0.1, 0.15) is 36.4 Å². The number of nitrogens with zero attached hydrogens (tertiary/aromatic N) is 1. The molecule has 0 aliphatic heterocycles. The second-order valence-electron chi connectivity index (χ2n) is 5.92. The largest absolute Gasteiger partial charge is 0.496 e. The molecular weight excluding hydrogens is 278 g/mol. The summed E-state index contributed by atoms with van der Waals surface area (Å²) in [6, 6.07) is 7.60. The van der Waals surface area contributed by atoms with Crippen LogP contribution in [-0.2, 0) is 16.8 Å². The third-order valence-electron chi connectivity index (χ3n) is 4.05. The van der Waals surface area contributed by atoms with Crippen LogP contribution in [-0.4, -0.2) is 23.2 Å². The highest BCUT2D eigenvalue weighted by molar-refractivity contribution is 5.88. The maximum Gasteiger partial charge on any atom is 0.230 e. The normalized spacial score (nSPS) is 11.3. The lowest BCUT2D eigenvalue weighted by atomic mass is 9.83.